The quantitative estimate of drug-likeness (QED) is 0.866. The Bertz CT molecular complexity index is 675. The molecule has 0 aliphatic heterocycles. The fourth-order valence-electron chi connectivity index (χ4n) is 1.99. The molecule has 0 atom stereocenters. The molecular formula is C17H20N2OS. The summed E-state index contributed by atoms with van der Waals surface area (Å²) in [6, 6.07) is 9.78. The number of nitrogens with two attached hydrogens (primary N) is 1. The van der Waals surface area contributed by atoms with Crippen LogP contribution < -0.4 is 10.5 Å². The molecule has 1 aromatic carbocycles. The molecule has 0 fully saturated rings. The lowest BCUT2D eigenvalue weighted by molar-refractivity contribution is 0.457. The van der Waals surface area contributed by atoms with Gasteiger partial charge in [-0.25, -0.2) is 4.98 Å². The van der Waals surface area contributed by atoms with Gasteiger partial charge in [0.2, 0.25) is 5.88 Å². The van der Waals surface area contributed by atoms with E-state index in [0.29, 0.717) is 11.4 Å². The maximum Gasteiger partial charge on any atom is 0.229 e. The standard InChI is InChI=1S/C17H20N2OS/c1-11-10-12(17(2,3)4)7-8-14(11)20-16-13(15(18)21)6-5-9-19-16/h5-10H,1-4H3,(H2,18,21). The Labute approximate surface area is 131 Å². The van der Waals surface area contributed by atoms with Crippen LogP contribution in [0.4, 0.5) is 0 Å². The minimum atomic E-state index is 0.109. The van der Waals surface area contributed by atoms with Crippen molar-refractivity contribution in [2.24, 2.45) is 5.73 Å². The second kappa shape index (κ2) is 5.82. The molecular weight excluding hydrogens is 280 g/mol. The first-order valence-electron chi connectivity index (χ1n) is 6.83. The van der Waals surface area contributed by atoms with Crippen LogP contribution in [0.5, 0.6) is 11.6 Å². The number of aryl methyl sites for hydroxylation is 1. The Kier molecular flexibility index (Phi) is 4.28. The lowest BCUT2D eigenvalue weighted by Crippen LogP contribution is -2.12. The van der Waals surface area contributed by atoms with Crippen LogP contribution in [0.2, 0.25) is 0 Å². The van der Waals surface area contributed by atoms with Gasteiger partial charge in [-0.2, -0.15) is 0 Å². The van der Waals surface area contributed by atoms with Gasteiger partial charge in [-0.1, -0.05) is 45.1 Å². The third-order valence-electron chi connectivity index (χ3n) is 3.28. The van der Waals surface area contributed by atoms with Crippen LogP contribution in [0.1, 0.15) is 37.5 Å². The van der Waals surface area contributed by atoms with Gasteiger partial charge < -0.3 is 10.5 Å². The topological polar surface area (TPSA) is 48.1 Å². The van der Waals surface area contributed by atoms with E-state index < -0.39 is 0 Å². The van der Waals surface area contributed by atoms with E-state index in [1.165, 1.54) is 5.56 Å². The summed E-state index contributed by atoms with van der Waals surface area (Å²) in [6.45, 7) is 8.58. The van der Waals surface area contributed by atoms with Crippen molar-refractivity contribution in [3.05, 3.63) is 53.2 Å². The molecule has 0 aliphatic rings. The third-order valence-corrected chi connectivity index (χ3v) is 3.50. The molecule has 1 heterocycles. The zero-order valence-electron chi connectivity index (χ0n) is 12.8. The van der Waals surface area contributed by atoms with Crippen molar-refractivity contribution >= 4 is 17.2 Å². The van der Waals surface area contributed by atoms with Gasteiger partial charge in [0.15, 0.2) is 0 Å². The van der Waals surface area contributed by atoms with Gasteiger partial charge in [-0.15, -0.1) is 0 Å². The average molecular weight is 300 g/mol. The van der Waals surface area contributed by atoms with Crippen molar-refractivity contribution < 1.29 is 4.74 Å². The number of thiocarbonyl (C=S) groups is 1. The first-order chi connectivity index (χ1) is 9.79. The summed E-state index contributed by atoms with van der Waals surface area (Å²) in [5.74, 6) is 1.20. The molecule has 1 aromatic heterocycles. The molecule has 110 valence electrons. The summed E-state index contributed by atoms with van der Waals surface area (Å²) >= 11 is 5.03. The summed E-state index contributed by atoms with van der Waals surface area (Å²) < 4.78 is 5.89. The Hall–Kier alpha value is -1.94. The van der Waals surface area contributed by atoms with Gasteiger partial charge in [-0.05, 0) is 41.7 Å². The summed E-state index contributed by atoms with van der Waals surface area (Å²) in [5.41, 5.74) is 8.78. The van der Waals surface area contributed by atoms with E-state index in [2.05, 4.69) is 37.9 Å². The molecule has 0 amide bonds. The van der Waals surface area contributed by atoms with Crippen molar-refractivity contribution in [1.82, 2.24) is 4.98 Å². The highest BCUT2D eigenvalue weighted by molar-refractivity contribution is 7.80. The van der Waals surface area contributed by atoms with Crippen molar-refractivity contribution in [2.45, 2.75) is 33.1 Å². The lowest BCUT2D eigenvalue weighted by atomic mass is 9.86. The first-order valence-corrected chi connectivity index (χ1v) is 7.23. The summed E-state index contributed by atoms with van der Waals surface area (Å²) in [7, 11) is 0. The van der Waals surface area contributed by atoms with E-state index in [9.17, 15) is 0 Å². The molecule has 0 bridgehead atoms. The molecule has 0 aliphatic carbocycles. The number of rotatable bonds is 3. The van der Waals surface area contributed by atoms with Crippen LogP contribution in [0.3, 0.4) is 0 Å². The minimum Gasteiger partial charge on any atom is -0.438 e. The van der Waals surface area contributed by atoms with E-state index in [1.54, 1.807) is 12.3 Å². The maximum absolute atomic E-state index is 5.89. The van der Waals surface area contributed by atoms with Crippen molar-refractivity contribution in [2.75, 3.05) is 0 Å². The molecule has 2 N–H and O–H groups in total. The van der Waals surface area contributed by atoms with Gasteiger partial charge >= 0.3 is 0 Å². The van der Waals surface area contributed by atoms with Gasteiger partial charge in [0.05, 0.1) is 5.56 Å². The predicted octanol–water partition coefficient (Wildman–Crippen LogP) is 4.11. The molecule has 3 nitrogen and oxygen atoms in total. The number of benzene rings is 1. The highest BCUT2D eigenvalue weighted by atomic mass is 32.1. The molecule has 4 heteroatoms. The molecule has 2 rings (SSSR count). The second-order valence-electron chi connectivity index (χ2n) is 6.05. The molecule has 0 unspecified atom stereocenters. The van der Waals surface area contributed by atoms with Crippen LogP contribution in [0.25, 0.3) is 0 Å². The van der Waals surface area contributed by atoms with Crippen molar-refractivity contribution in [1.29, 1.82) is 0 Å². The molecule has 0 radical (unpaired) electrons. The normalized spacial score (nSPS) is 11.2. The second-order valence-corrected chi connectivity index (χ2v) is 6.49. The third kappa shape index (κ3) is 3.58. The average Bonchev–Trinajstić information content (AvgIpc) is 2.40. The van der Waals surface area contributed by atoms with E-state index >= 15 is 0 Å². The van der Waals surface area contributed by atoms with Crippen LogP contribution in [-0.2, 0) is 5.41 Å². The van der Waals surface area contributed by atoms with Crippen LogP contribution >= 0.6 is 12.2 Å². The Morgan fingerprint density at radius 2 is 1.95 bits per heavy atom. The monoisotopic (exact) mass is 300 g/mol. The Morgan fingerprint density at radius 3 is 2.52 bits per heavy atom. The van der Waals surface area contributed by atoms with E-state index in [-0.39, 0.29) is 10.4 Å². The first kappa shape index (κ1) is 15.4. The number of hydrogen-bond donors (Lipinski definition) is 1. The molecule has 2 aromatic rings. The van der Waals surface area contributed by atoms with Gasteiger partial charge in [-0.3, -0.25) is 0 Å². The number of ether oxygens (including phenoxy) is 1. The number of pyridine rings is 1. The summed E-state index contributed by atoms with van der Waals surface area (Å²) in [5, 5.41) is 0. The molecule has 0 saturated carbocycles. The predicted molar refractivity (Wildman–Crippen MR) is 90.1 cm³/mol. The Balaban J connectivity index is 2.35. The van der Waals surface area contributed by atoms with E-state index in [4.69, 9.17) is 22.7 Å². The van der Waals surface area contributed by atoms with Crippen LogP contribution in [0.15, 0.2) is 36.5 Å². The smallest absolute Gasteiger partial charge is 0.229 e. The van der Waals surface area contributed by atoms with Gasteiger partial charge in [0.25, 0.3) is 0 Å². The number of hydrogen-bond acceptors (Lipinski definition) is 3. The highest BCUT2D eigenvalue weighted by Gasteiger charge is 2.16. The van der Waals surface area contributed by atoms with E-state index in [0.717, 1.165) is 11.3 Å². The fraction of sp³-hybridized carbons (Fsp3) is 0.294. The minimum absolute atomic E-state index is 0.109. The van der Waals surface area contributed by atoms with E-state index in [1.807, 2.05) is 19.1 Å². The molecule has 0 spiro atoms. The summed E-state index contributed by atoms with van der Waals surface area (Å²) in [4.78, 5) is 4.50. The highest BCUT2D eigenvalue weighted by Crippen LogP contribution is 2.30. The lowest BCUT2D eigenvalue weighted by Gasteiger charge is -2.20. The maximum atomic E-state index is 5.89. The summed E-state index contributed by atoms with van der Waals surface area (Å²) in [6.07, 6.45) is 1.66. The largest absolute Gasteiger partial charge is 0.438 e. The SMILES string of the molecule is Cc1cc(C(C)(C)C)ccc1Oc1ncccc1C(N)=S. The van der Waals surface area contributed by atoms with Gasteiger partial charge in [0, 0.05) is 6.20 Å². The van der Waals surface area contributed by atoms with Crippen LogP contribution in [-0.4, -0.2) is 9.97 Å². The zero-order chi connectivity index (χ0) is 15.6. The van der Waals surface area contributed by atoms with Gasteiger partial charge in [0.1, 0.15) is 10.7 Å². The van der Waals surface area contributed by atoms with Crippen molar-refractivity contribution in [3.8, 4) is 11.6 Å². The zero-order valence-corrected chi connectivity index (χ0v) is 13.6. The Morgan fingerprint density at radius 1 is 1.24 bits per heavy atom. The molecule has 21 heavy (non-hydrogen) atoms. The number of aromatic nitrogens is 1. The van der Waals surface area contributed by atoms with Crippen LogP contribution in [0, 0.1) is 6.92 Å². The molecule has 0 saturated heterocycles. The van der Waals surface area contributed by atoms with Crippen molar-refractivity contribution in [3.63, 3.8) is 0 Å². The number of nitrogens with zero attached hydrogens (tertiary/aromatic N) is 1. The fourth-order valence-corrected chi connectivity index (χ4v) is 2.15.